The predicted molar refractivity (Wildman–Crippen MR) is 96.9 cm³/mol. The lowest BCUT2D eigenvalue weighted by Crippen LogP contribution is -2.57. The second-order valence-corrected chi connectivity index (χ2v) is 7.01. The van der Waals surface area contributed by atoms with Crippen LogP contribution < -0.4 is 16.0 Å². The molecule has 1 aromatic carbocycles. The van der Waals surface area contributed by atoms with E-state index >= 15 is 0 Å². The van der Waals surface area contributed by atoms with Gasteiger partial charge >= 0.3 is 0 Å². The summed E-state index contributed by atoms with van der Waals surface area (Å²) < 4.78 is 0. The number of carbonyl (C=O) groups excluding carboxylic acids is 2. The number of hydrogen-bond donors (Lipinski definition) is 2. The van der Waals surface area contributed by atoms with Gasteiger partial charge in [-0.3, -0.25) is 14.5 Å². The average molecular weight is 331 g/mol. The van der Waals surface area contributed by atoms with E-state index in [0.717, 1.165) is 24.1 Å². The zero-order chi connectivity index (χ0) is 17.9. The molecule has 2 atom stereocenters. The summed E-state index contributed by atoms with van der Waals surface area (Å²) in [6.45, 7) is 8.62. The Hall–Kier alpha value is -1.88. The summed E-state index contributed by atoms with van der Waals surface area (Å²) in [6.07, 6.45) is 2.48. The SMILES string of the molecule is CCCCNC(=O)C1N(C(=O)[C@@H](N)CC)c2ccccc2C1(C)C. The highest BCUT2D eigenvalue weighted by Gasteiger charge is 2.51. The normalized spacial score (nSPS) is 19.7. The highest BCUT2D eigenvalue weighted by atomic mass is 16.2. The molecule has 1 heterocycles. The number of hydrogen-bond acceptors (Lipinski definition) is 3. The van der Waals surface area contributed by atoms with Gasteiger partial charge in [0.15, 0.2) is 0 Å². The second kappa shape index (κ2) is 7.34. The van der Waals surface area contributed by atoms with Crippen molar-refractivity contribution in [2.45, 2.75) is 64.5 Å². The third-order valence-corrected chi connectivity index (χ3v) is 4.87. The smallest absolute Gasteiger partial charge is 0.244 e. The van der Waals surface area contributed by atoms with Crippen LogP contribution in [0.25, 0.3) is 0 Å². The zero-order valence-corrected chi connectivity index (χ0v) is 15.1. The van der Waals surface area contributed by atoms with E-state index in [1.807, 2.05) is 45.0 Å². The van der Waals surface area contributed by atoms with Crippen molar-refractivity contribution < 1.29 is 9.59 Å². The minimum atomic E-state index is -0.599. The van der Waals surface area contributed by atoms with Gasteiger partial charge in [-0.25, -0.2) is 0 Å². The lowest BCUT2D eigenvalue weighted by atomic mass is 9.80. The Morgan fingerprint density at radius 2 is 1.96 bits per heavy atom. The number of nitrogens with zero attached hydrogens (tertiary/aromatic N) is 1. The van der Waals surface area contributed by atoms with Crippen LogP contribution in [0.2, 0.25) is 0 Å². The number of unbranched alkanes of at least 4 members (excludes halogenated alkanes) is 1. The molecule has 1 aliphatic heterocycles. The topological polar surface area (TPSA) is 75.4 Å². The first-order chi connectivity index (χ1) is 11.4. The largest absolute Gasteiger partial charge is 0.354 e. The number of fused-ring (bicyclic) bond motifs is 1. The van der Waals surface area contributed by atoms with E-state index in [1.165, 1.54) is 0 Å². The van der Waals surface area contributed by atoms with Gasteiger partial charge in [-0.05, 0) is 24.5 Å². The molecule has 0 aromatic heterocycles. The Bertz CT molecular complexity index is 612. The number of benzene rings is 1. The molecule has 1 unspecified atom stereocenters. The number of carbonyl (C=O) groups is 2. The third kappa shape index (κ3) is 3.18. The summed E-state index contributed by atoms with van der Waals surface area (Å²) >= 11 is 0. The van der Waals surface area contributed by atoms with Crippen LogP contribution in [-0.2, 0) is 15.0 Å². The van der Waals surface area contributed by atoms with Crippen molar-refractivity contribution in [2.24, 2.45) is 5.73 Å². The van der Waals surface area contributed by atoms with Crippen LogP contribution in [0.4, 0.5) is 5.69 Å². The number of para-hydroxylation sites is 1. The van der Waals surface area contributed by atoms with Crippen LogP contribution in [0.3, 0.4) is 0 Å². The number of nitrogens with two attached hydrogens (primary N) is 1. The molecule has 2 amide bonds. The standard InChI is InChI=1S/C19H29N3O2/c1-5-7-12-21-17(23)16-19(3,4)13-10-8-9-11-15(13)22(16)18(24)14(20)6-2/h8-11,14,16H,5-7,12,20H2,1-4H3,(H,21,23)/t14-,16?/m0/s1. The van der Waals surface area contributed by atoms with Crippen molar-refractivity contribution in [2.75, 3.05) is 11.4 Å². The van der Waals surface area contributed by atoms with E-state index in [0.29, 0.717) is 13.0 Å². The highest BCUT2D eigenvalue weighted by Crippen LogP contribution is 2.45. The number of rotatable bonds is 6. The molecule has 0 saturated carbocycles. The maximum Gasteiger partial charge on any atom is 0.244 e. The van der Waals surface area contributed by atoms with Crippen LogP contribution in [-0.4, -0.2) is 30.4 Å². The summed E-state index contributed by atoms with van der Waals surface area (Å²) in [5.74, 6) is -0.299. The molecule has 1 aromatic rings. The van der Waals surface area contributed by atoms with E-state index in [2.05, 4.69) is 12.2 Å². The molecule has 24 heavy (non-hydrogen) atoms. The Kier molecular flexibility index (Phi) is 5.65. The van der Waals surface area contributed by atoms with Crippen LogP contribution in [0.1, 0.15) is 52.5 Å². The van der Waals surface area contributed by atoms with Crippen molar-refractivity contribution in [3.05, 3.63) is 29.8 Å². The second-order valence-electron chi connectivity index (χ2n) is 7.01. The van der Waals surface area contributed by atoms with Crippen molar-refractivity contribution >= 4 is 17.5 Å². The van der Waals surface area contributed by atoms with Gasteiger partial charge in [0.2, 0.25) is 11.8 Å². The van der Waals surface area contributed by atoms with Crippen molar-refractivity contribution in [3.63, 3.8) is 0 Å². The average Bonchev–Trinajstić information content (AvgIpc) is 2.81. The van der Waals surface area contributed by atoms with Gasteiger partial charge in [-0.2, -0.15) is 0 Å². The molecule has 0 saturated heterocycles. The van der Waals surface area contributed by atoms with Gasteiger partial charge in [0.05, 0.1) is 6.04 Å². The molecular weight excluding hydrogens is 302 g/mol. The summed E-state index contributed by atoms with van der Waals surface area (Å²) in [5.41, 5.74) is 7.35. The minimum absolute atomic E-state index is 0.110. The molecule has 0 bridgehead atoms. The molecule has 0 spiro atoms. The molecule has 5 nitrogen and oxygen atoms in total. The third-order valence-electron chi connectivity index (χ3n) is 4.87. The van der Waals surface area contributed by atoms with E-state index in [1.54, 1.807) is 4.90 Å². The van der Waals surface area contributed by atoms with Gasteiger partial charge in [0.25, 0.3) is 0 Å². The monoisotopic (exact) mass is 331 g/mol. The minimum Gasteiger partial charge on any atom is -0.354 e. The van der Waals surface area contributed by atoms with Gasteiger partial charge in [-0.1, -0.05) is 52.3 Å². The van der Waals surface area contributed by atoms with E-state index < -0.39 is 17.5 Å². The Morgan fingerprint density at radius 3 is 2.58 bits per heavy atom. The quantitative estimate of drug-likeness (QED) is 0.786. The fourth-order valence-electron chi connectivity index (χ4n) is 3.37. The number of nitrogens with one attached hydrogen (secondary N) is 1. The van der Waals surface area contributed by atoms with Crippen LogP contribution in [0.15, 0.2) is 24.3 Å². The molecule has 0 fully saturated rings. The van der Waals surface area contributed by atoms with E-state index in [4.69, 9.17) is 5.73 Å². The highest BCUT2D eigenvalue weighted by molar-refractivity contribution is 6.06. The van der Waals surface area contributed by atoms with Crippen LogP contribution in [0, 0.1) is 0 Å². The summed E-state index contributed by atoms with van der Waals surface area (Å²) in [7, 11) is 0. The van der Waals surface area contributed by atoms with E-state index in [-0.39, 0.29) is 11.8 Å². The fraction of sp³-hybridized carbons (Fsp3) is 0.579. The van der Waals surface area contributed by atoms with Crippen molar-refractivity contribution in [1.82, 2.24) is 5.32 Å². The molecule has 2 rings (SSSR count). The molecule has 3 N–H and O–H groups in total. The Balaban J connectivity index is 2.42. The molecule has 132 valence electrons. The molecule has 0 radical (unpaired) electrons. The first-order valence-electron chi connectivity index (χ1n) is 8.82. The first-order valence-corrected chi connectivity index (χ1v) is 8.82. The lowest BCUT2D eigenvalue weighted by Gasteiger charge is -2.33. The first kappa shape index (κ1) is 18.5. The zero-order valence-electron chi connectivity index (χ0n) is 15.1. The summed E-state index contributed by atoms with van der Waals surface area (Å²) in [4.78, 5) is 27.4. The molecule has 1 aliphatic rings. The van der Waals surface area contributed by atoms with Crippen LogP contribution in [0.5, 0.6) is 0 Å². The maximum absolute atomic E-state index is 12.9. The number of amides is 2. The van der Waals surface area contributed by atoms with Crippen molar-refractivity contribution in [1.29, 1.82) is 0 Å². The summed E-state index contributed by atoms with van der Waals surface area (Å²) in [6, 6.07) is 6.56. The van der Waals surface area contributed by atoms with Gasteiger partial charge < -0.3 is 11.1 Å². The van der Waals surface area contributed by atoms with Gasteiger partial charge in [0.1, 0.15) is 6.04 Å². The summed E-state index contributed by atoms with van der Waals surface area (Å²) in [5, 5.41) is 2.98. The Morgan fingerprint density at radius 1 is 1.29 bits per heavy atom. The van der Waals surface area contributed by atoms with E-state index in [9.17, 15) is 9.59 Å². The maximum atomic E-state index is 12.9. The van der Waals surface area contributed by atoms with Crippen molar-refractivity contribution in [3.8, 4) is 0 Å². The Labute approximate surface area is 144 Å². The van der Waals surface area contributed by atoms with Gasteiger partial charge in [-0.15, -0.1) is 0 Å². The predicted octanol–water partition coefficient (Wildman–Crippen LogP) is 2.33. The number of anilines is 1. The molecular formula is C19H29N3O2. The fourth-order valence-corrected chi connectivity index (χ4v) is 3.37. The van der Waals surface area contributed by atoms with Gasteiger partial charge in [0, 0.05) is 17.6 Å². The van der Waals surface area contributed by atoms with Crippen LogP contribution >= 0.6 is 0 Å². The molecule has 5 heteroatoms. The lowest BCUT2D eigenvalue weighted by molar-refractivity contribution is -0.127. The molecule has 0 aliphatic carbocycles.